The first-order valence-electron chi connectivity index (χ1n) is 12.0. The monoisotopic (exact) mass is 502 g/mol. The Hall–Kier alpha value is -3.63. The summed E-state index contributed by atoms with van der Waals surface area (Å²) in [5.74, 6) is -1.29. The molecule has 3 fully saturated rings. The molecule has 2 saturated heterocycles. The van der Waals surface area contributed by atoms with Crippen molar-refractivity contribution < 1.29 is 27.7 Å². The third kappa shape index (κ3) is 4.27. The Labute approximate surface area is 205 Å². The largest absolute Gasteiger partial charge is 0.416 e. The van der Waals surface area contributed by atoms with Gasteiger partial charge < -0.3 is 9.80 Å². The van der Waals surface area contributed by atoms with E-state index in [4.69, 9.17) is 0 Å². The number of imide groups is 1. The predicted octanol–water partition coefficient (Wildman–Crippen LogP) is 4.62. The fourth-order valence-electron chi connectivity index (χ4n) is 5.57. The van der Waals surface area contributed by atoms with Gasteiger partial charge >= 0.3 is 6.18 Å². The molecule has 1 saturated carbocycles. The number of amides is 2. The van der Waals surface area contributed by atoms with E-state index in [2.05, 4.69) is 0 Å². The van der Waals surface area contributed by atoms with Crippen LogP contribution < -0.4 is 14.7 Å². The average molecular weight is 502 g/mol. The van der Waals surface area contributed by atoms with Crippen molar-refractivity contribution in [3.8, 4) is 0 Å². The molecular formula is C25H25F3N4O4. The molecule has 11 heteroatoms. The fourth-order valence-corrected chi connectivity index (χ4v) is 5.57. The first-order valence-corrected chi connectivity index (χ1v) is 12.0. The highest BCUT2D eigenvalue weighted by Gasteiger charge is 2.49. The number of piperazine rings is 1. The van der Waals surface area contributed by atoms with Gasteiger partial charge in [-0.05, 0) is 43.2 Å². The summed E-state index contributed by atoms with van der Waals surface area (Å²) in [6.45, 7) is 1.49. The summed E-state index contributed by atoms with van der Waals surface area (Å²) in [5.41, 5.74) is 0.0678. The zero-order valence-electron chi connectivity index (χ0n) is 19.4. The highest BCUT2D eigenvalue weighted by atomic mass is 19.4. The van der Waals surface area contributed by atoms with Crippen LogP contribution in [0.4, 0.5) is 35.9 Å². The summed E-state index contributed by atoms with van der Waals surface area (Å²) in [6.07, 6.45) is -1.35. The number of fused-ring (bicyclic) bond motifs is 1. The molecule has 190 valence electrons. The van der Waals surface area contributed by atoms with Crippen molar-refractivity contribution in [2.24, 2.45) is 11.8 Å². The van der Waals surface area contributed by atoms with Crippen LogP contribution in [0, 0.1) is 22.0 Å². The van der Waals surface area contributed by atoms with E-state index in [9.17, 15) is 32.9 Å². The lowest BCUT2D eigenvalue weighted by atomic mass is 9.81. The molecular weight excluding hydrogens is 477 g/mol. The van der Waals surface area contributed by atoms with Crippen molar-refractivity contribution in [1.82, 2.24) is 0 Å². The molecule has 0 N–H and O–H groups in total. The summed E-state index contributed by atoms with van der Waals surface area (Å²) >= 11 is 0. The maximum absolute atomic E-state index is 13.1. The number of nitro groups is 1. The minimum Gasteiger partial charge on any atom is -0.368 e. The highest BCUT2D eigenvalue weighted by Crippen LogP contribution is 2.42. The Morgan fingerprint density at radius 2 is 1.44 bits per heavy atom. The Bertz CT molecular complexity index is 1190. The van der Waals surface area contributed by atoms with Crippen LogP contribution in [0.15, 0.2) is 42.5 Å². The van der Waals surface area contributed by atoms with Gasteiger partial charge in [0.25, 0.3) is 5.69 Å². The summed E-state index contributed by atoms with van der Waals surface area (Å²) in [5, 5.41) is 11.9. The van der Waals surface area contributed by atoms with E-state index >= 15 is 0 Å². The van der Waals surface area contributed by atoms with E-state index in [1.165, 1.54) is 12.1 Å². The summed E-state index contributed by atoms with van der Waals surface area (Å²) in [4.78, 5) is 42.0. The third-order valence-corrected chi connectivity index (χ3v) is 7.41. The van der Waals surface area contributed by atoms with Crippen molar-refractivity contribution in [2.45, 2.75) is 31.9 Å². The molecule has 0 aromatic heterocycles. The Balaban J connectivity index is 1.35. The topological polar surface area (TPSA) is 87.0 Å². The van der Waals surface area contributed by atoms with Crippen molar-refractivity contribution in [3.05, 3.63) is 58.1 Å². The van der Waals surface area contributed by atoms with E-state index in [0.717, 1.165) is 29.9 Å². The molecule has 8 nitrogen and oxygen atoms in total. The van der Waals surface area contributed by atoms with Crippen molar-refractivity contribution >= 4 is 34.6 Å². The van der Waals surface area contributed by atoms with E-state index in [1.807, 2.05) is 4.90 Å². The molecule has 2 aromatic carbocycles. The van der Waals surface area contributed by atoms with Crippen LogP contribution in [0.2, 0.25) is 0 Å². The standard InChI is InChI=1S/C25H25F3N4O4/c26-25(27,28)16-4-3-5-17(14-16)29-10-12-30(13-11-29)21-9-8-18(15-22(21)32(35)36)31-23(33)19-6-1-2-7-20(19)24(31)34/h3-5,8-9,14-15,19-20H,1-2,6-7,10-13H2/t19-,20-/m0/s1. The first kappa shape index (κ1) is 24.1. The molecule has 0 radical (unpaired) electrons. The smallest absolute Gasteiger partial charge is 0.368 e. The molecule has 0 bridgehead atoms. The number of hydrogen-bond donors (Lipinski definition) is 0. The molecule has 2 aromatic rings. The van der Waals surface area contributed by atoms with Gasteiger partial charge in [-0.3, -0.25) is 19.7 Å². The molecule has 2 heterocycles. The first-order chi connectivity index (χ1) is 17.1. The van der Waals surface area contributed by atoms with Gasteiger partial charge in [0.05, 0.1) is 28.0 Å². The maximum atomic E-state index is 13.1. The predicted molar refractivity (Wildman–Crippen MR) is 127 cm³/mol. The summed E-state index contributed by atoms with van der Waals surface area (Å²) < 4.78 is 39.2. The summed E-state index contributed by atoms with van der Waals surface area (Å²) in [7, 11) is 0. The van der Waals surface area contributed by atoms with Crippen LogP contribution in [0.5, 0.6) is 0 Å². The Morgan fingerprint density at radius 3 is 2.03 bits per heavy atom. The average Bonchev–Trinajstić information content (AvgIpc) is 3.13. The second-order valence-electron chi connectivity index (χ2n) is 9.46. The number of anilines is 3. The molecule has 3 aliphatic rings. The minimum atomic E-state index is -4.43. The lowest BCUT2D eigenvalue weighted by Crippen LogP contribution is -2.46. The van der Waals surface area contributed by atoms with Crippen LogP contribution >= 0.6 is 0 Å². The molecule has 1 aliphatic carbocycles. The van der Waals surface area contributed by atoms with Crippen molar-refractivity contribution in [3.63, 3.8) is 0 Å². The normalized spacial score (nSPS) is 22.7. The van der Waals surface area contributed by atoms with Gasteiger partial charge in [-0.1, -0.05) is 18.9 Å². The van der Waals surface area contributed by atoms with Gasteiger partial charge in [0, 0.05) is 37.9 Å². The quantitative estimate of drug-likeness (QED) is 0.345. The lowest BCUT2D eigenvalue weighted by Gasteiger charge is -2.37. The second-order valence-corrected chi connectivity index (χ2v) is 9.46. The van der Waals surface area contributed by atoms with Crippen LogP contribution in [-0.2, 0) is 15.8 Å². The minimum absolute atomic E-state index is 0.206. The van der Waals surface area contributed by atoms with Gasteiger partial charge in [-0.25, -0.2) is 4.90 Å². The number of carbonyl (C=O) groups is 2. The number of halogens is 3. The van der Waals surface area contributed by atoms with E-state index in [1.54, 1.807) is 23.1 Å². The number of nitro benzene ring substituents is 1. The molecule has 36 heavy (non-hydrogen) atoms. The number of benzene rings is 2. The molecule has 2 aliphatic heterocycles. The fraction of sp³-hybridized carbons (Fsp3) is 0.440. The van der Waals surface area contributed by atoms with Gasteiger partial charge in [-0.15, -0.1) is 0 Å². The van der Waals surface area contributed by atoms with Crippen LogP contribution in [0.3, 0.4) is 0 Å². The van der Waals surface area contributed by atoms with Gasteiger partial charge in [0.1, 0.15) is 5.69 Å². The third-order valence-electron chi connectivity index (χ3n) is 7.41. The van der Waals surface area contributed by atoms with Gasteiger partial charge in [0.2, 0.25) is 11.8 Å². The second kappa shape index (κ2) is 9.11. The zero-order chi connectivity index (χ0) is 25.6. The molecule has 2 amide bonds. The SMILES string of the molecule is O=C1[C@H]2CCCC[C@@H]2C(=O)N1c1ccc(N2CCN(c3cccc(C(F)(F)F)c3)CC2)c([N+](=O)[O-])c1. The summed E-state index contributed by atoms with van der Waals surface area (Å²) in [6, 6.07) is 9.51. The maximum Gasteiger partial charge on any atom is 0.416 e. The van der Waals surface area contributed by atoms with Crippen LogP contribution in [-0.4, -0.2) is 42.9 Å². The van der Waals surface area contributed by atoms with Gasteiger partial charge in [0.15, 0.2) is 0 Å². The van der Waals surface area contributed by atoms with E-state index in [-0.39, 0.29) is 35.0 Å². The van der Waals surface area contributed by atoms with Crippen LogP contribution in [0.25, 0.3) is 0 Å². The highest BCUT2D eigenvalue weighted by molar-refractivity contribution is 6.22. The molecule has 5 rings (SSSR count). The lowest BCUT2D eigenvalue weighted by molar-refractivity contribution is -0.384. The number of rotatable bonds is 4. The molecule has 2 atom stereocenters. The van der Waals surface area contributed by atoms with E-state index < -0.39 is 16.7 Å². The number of carbonyl (C=O) groups excluding carboxylic acids is 2. The Morgan fingerprint density at radius 1 is 0.833 bits per heavy atom. The number of alkyl halides is 3. The Kier molecular flexibility index (Phi) is 6.09. The molecule has 0 spiro atoms. The number of hydrogen-bond acceptors (Lipinski definition) is 6. The molecule has 0 unspecified atom stereocenters. The van der Waals surface area contributed by atoms with Gasteiger partial charge in [-0.2, -0.15) is 13.2 Å². The van der Waals surface area contributed by atoms with Crippen molar-refractivity contribution in [2.75, 3.05) is 40.9 Å². The van der Waals surface area contributed by atoms with Crippen LogP contribution in [0.1, 0.15) is 31.2 Å². The number of nitrogens with zero attached hydrogens (tertiary/aromatic N) is 4. The zero-order valence-corrected chi connectivity index (χ0v) is 19.4. The van der Waals surface area contributed by atoms with E-state index in [0.29, 0.717) is 50.4 Å². The van der Waals surface area contributed by atoms with Crippen molar-refractivity contribution in [1.29, 1.82) is 0 Å².